The third-order valence-electron chi connectivity index (χ3n) is 15.2. The second-order valence-corrected chi connectivity index (χ2v) is 22.5. The van der Waals surface area contributed by atoms with Gasteiger partial charge in [0.2, 0.25) is 5.91 Å². The van der Waals surface area contributed by atoms with Crippen LogP contribution in [0.3, 0.4) is 0 Å². The number of aliphatic hydroxyl groups is 5. The summed E-state index contributed by atoms with van der Waals surface area (Å²) in [5.41, 5.74) is 0. The third kappa shape index (κ3) is 42.2. The molecule has 1 aliphatic rings. The highest BCUT2D eigenvalue weighted by atomic mass is 16.7. The van der Waals surface area contributed by atoms with E-state index < -0.39 is 67.4 Å². The van der Waals surface area contributed by atoms with Crippen LogP contribution in [0.2, 0.25) is 0 Å². The van der Waals surface area contributed by atoms with E-state index in [4.69, 9.17) is 14.2 Å². The van der Waals surface area contributed by atoms with Gasteiger partial charge in [-0.05, 0) is 70.6 Å². The molecule has 1 heterocycles. The molecule has 11 heteroatoms. The van der Waals surface area contributed by atoms with Gasteiger partial charge >= 0.3 is 5.97 Å². The lowest BCUT2D eigenvalue weighted by molar-refractivity contribution is -0.305. The van der Waals surface area contributed by atoms with E-state index in [1.54, 1.807) is 6.08 Å². The van der Waals surface area contributed by atoms with Gasteiger partial charge in [0.15, 0.2) is 12.4 Å². The number of amides is 1. The Hall–Kier alpha value is -2.64. The van der Waals surface area contributed by atoms with E-state index in [-0.39, 0.29) is 19.4 Å². The first-order chi connectivity index (χ1) is 38.2. The highest BCUT2D eigenvalue weighted by Crippen LogP contribution is 2.26. The fourth-order valence-electron chi connectivity index (χ4n) is 9.99. The number of esters is 1. The molecule has 0 radical (unpaired) electrons. The SMILES string of the molecule is CCCCC/C=C\C/C=C\C/C=C\C/C=C\CCCCCCCCC(O)C(=O)NC(COC1OC(CO)C(O)C(O)C1OC(=O)CCCCCCCCCCCCCCCC)C(O)/C=C/CCCCCCCCCCCCC. The van der Waals surface area contributed by atoms with E-state index in [2.05, 4.69) is 74.7 Å². The number of hydrogen-bond donors (Lipinski definition) is 6. The first kappa shape index (κ1) is 73.4. The average molecular weight is 1100 g/mol. The maximum absolute atomic E-state index is 13.4. The van der Waals surface area contributed by atoms with E-state index in [1.807, 2.05) is 6.08 Å². The number of nitrogens with one attached hydrogen (secondary N) is 1. The first-order valence-corrected chi connectivity index (χ1v) is 32.6. The van der Waals surface area contributed by atoms with E-state index >= 15 is 0 Å². The Morgan fingerprint density at radius 3 is 1.35 bits per heavy atom. The molecule has 0 spiro atoms. The molecule has 78 heavy (non-hydrogen) atoms. The van der Waals surface area contributed by atoms with E-state index in [0.29, 0.717) is 12.8 Å². The van der Waals surface area contributed by atoms with Gasteiger partial charge in [-0.2, -0.15) is 0 Å². The van der Waals surface area contributed by atoms with Crippen LogP contribution in [-0.4, -0.2) is 99.6 Å². The van der Waals surface area contributed by atoms with Crippen molar-refractivity contribution in [3.8, 4) is 0 Å². The van der Waals surface area contributed by atoms with Gasteiger partial charge in [0.1, 0.15) is 24.4 Å². The molecule has 454 valence electrons. The molecule has 1 amide bonds. The van der Waals surface area contributed by atoms with E-state index in [0.717, 1.165) is 96.3 Å². The zero-order chi connectivity index (χ0) is 56.8. The molecule has 0 aromatic carbocycles. The van der Waals surface area contributed by atoms with Gasteiger partial charge in [0.25, 0.3) is 0 Å². The molecular formula is C67H121NO10. The Kier molecular flexibility index (Phi) is 51.7. The molecular weight excluding hydrogens is 979 g/mol. The van der Waals surface area contributed by atoms with Gasteiger partial charge < -0.3 is 45.1 Å². The topological polar surface area (TPSA) is 175 Å². The zero-order valence-electron chi connectivity index (χ0n) is 50.3. The average Bonchev–Trinajstić information content (AvgIpc) is 3.45. The number of carbonyl (C=O) groups is 2. The van der Waals surface area contributed by atoms with Gasteiger partial charge in [0.05, 0.1) is 25.4 Å². The highest BCUT2D eigenvalue weighted by molar-refractivity contribution is 5.80. The molecule has 0 aromatic rings. The maximum atomic E-state index is 13.4. The van der Waals surface area contributed by atoms with Crippen molar-refractivity contribution in [3.05, 3.63) is 60.8 Å². The van der Waals surface area contributed by atoms with Crippen LogP contribution in [0, 0.1) is 0 Å². The van der Waals surface area contributed by atoms with Gasteiger partial charge in [-0.25, -0.2) is 0 Å². The summed E-state index contributed by atoms with van der Waals surface area (Å²) in [5, 5.41) is 57.1. The minimum atomic E-state index is -1.61. The van der Waals surface area contributed by atoms with Crippen molar-refractivity contribution in [2.24, 2.45) is 0 Å². The quantitative estimate of drug-likeness (QED) is 0.0195. The molecule has 11 nitrogen and oxygen atoms in total. The van der Waals surface area contributed by atoms with E-state index in [9.17, 15) is 35.1 Å². The predicted molar refractivity (Wildman–Crippen MR) is 324 cm³/mol. The van der Waals surface area contributed by atoms with Crippen LogP contribution in [0.5, 0.6) is 0 Å². The Balaban J connectivity index is 2.67. The van der Waals surface area contributed by atoms with Gasteiger partial charge in [-0.15, -0.1) is 0 Å². The monoisotopic (exact) mass is 1100 g/mol. The molecule has 0 bridgehead atoms. The van der Waals surface area contributed by atoms with Gasteiger partial charge in [-0.1, -0.05) is 274 Å². The Morgan fingerprint density at radius 1 is 0.500 bits per heavy atom. The number of unbranched alkanes of at least 4 members (excludes halogenated alkanes) is 33. The van der Waals surface area contributed by atoms with Crippen LogP contribution >= 0.6 is 0 Å². The van der Waals surface area contributed by atoms with Crippen LogP contribution < -0.4 is 5.32 Å². The summed E-state index contributed by atoms with van der Waals surface area (Å²) in [5.74, 6) is -1.20. The summed E-state index contributed by atoms with van der Waals surface area (Å²) in [6.45, 7) is 5.77. The zero-order valence-corrected chi connectivity index (χ0v) is 50.3. The number of aliphatic hydroxyl groups excluding tert-OH is 5. The summed E-state index contributed by atoms with van der Waals surface area (Å²) in [6, 6.07) is -1.03. The molecule has 1 aliphatic heterocycles. The van der Waals surface area contributed by atoms with Crippen molar-refractivity contribution in [1.82, 2.24) is 5.32 Å². The summed E-state index contributed by atoms with van der Waals surface area (Å²) >= 11 is 0. The van der Waals surface area contributed by atoms with Crippen molar-refractivity contribution < 1.29 is 49.3 Å². The molecule has 1 rings (SSSR count). The molecule has 1 saturated heterocycles. The summed E-state index contributed by atoms with van der Waals surface area (Å²) in [6.07, 6.45) is 58.2. The number of ether oxygens (including phenoxy) is 3. The Morgan fingerprint density at radius 2 is 0.885 bits per heavy atom. The second-order valence-electron chi connectivity index (χ2n) is 22.5. The van der Waals surface area contributed by atoms with Crippen molar-refractivity contribution in [3.63, 3.8) is 0 Å². The van der Waals surface area contributed by atoms with Crippen LogP contribution in [-0.2, 0) is 23.8 Å². The summed E-state index contributed by atoms with van der Waals surface area (Å²) in [7, 11) is 0. The van der Waals surface area contributed by atoms with Gasteiger partial charge in [-0.3, -0.25) is 9.59 Å². The lowest BCUT2D eigenvalue weighted by atomic mass is 9.99. The number of carbonyl (C=O) groups excluding carboxylic acids is 2. The van der Waals surface area contributed by atoms with Crippen LogP contribution in [0.25, 0.3) is 0 Å². The van der Waals surface area contributed by atoms with Gasteiger partial charge in [0, 0.05) is 6.42 Å². The molecule has 1 fully saturated rings. The van der Waals surface area contributed by atoms with Crippen LogP contribution in [0.15, 0.2) is 60.8 Å². The summed E-state index contributed by atoms with van der Waals surface area (Å²) in [4.78, 5) is 26.6. The second kappa shape index (κ2) is 54.9. The lowest BCUT2D eigenvalue weighted by Gasteiger charge is -2.41. The van der Waals surface area contributed by atoms with Crippen molar-refractivity contribution in [1.29, 1.82) is 0 Å². The fraction of sp³-hybridized carbons (Fsp3) is 0.821. The number of hydrogen-bond acceptors (Lipinski definition) is 10. The van der Waals surface area contributed by atoms with Crippen molar-refractivity contribution in [2.75, 3.05) is 13.2 Å². The Bertz CT molecular complexity index is 1500. The molecule has 0 aromatic heterocycles. The molecule has 0 saturated carbocycles. The standard InChI is InChI=1S/C67H121NO10/c1-4-7-10-13-16-19-22-25-27-28-29-30-31-32-33-34-36-39-42-45-48-51-54-60(71)66(75)68-58(59(70)53-50-47-44-41-38-35-24-21-18-15-12-9-6-3)57-76-67-65(64(74)63(73)61(56-69)77-67)78-62(72)55-52-49-46-43-40-37-26-23-20-17-14-11-8-5-2/h16,19,25,27,29-30,32-33,50,53,58-61,63-65,67,69-71,73-74H,4-15,17-18,20-24,26,28,31,34-49,51-52,54-57H2,1-3H3,(H,68,75)/b19-16-,27-25-,30-29-,33-32-,53-50+. The fourth-order valence-corrected chi connectivity index (χ4v) is 9.99. The Labute approximate surface area is 478 Å². The van der Waals surface area contributed by atoms with Crippen molar-refractivity contribution >= 4 is 11.9 Å². The van der Waals surface area contributed by atoms with E-state index in [1.165, 1.54) is 148 Å². The highest BCUT2D eigenvalue weighted by Gasteiger charge is 2.47. The molecule has 6 N–H and O–H groups in total. The molecule has 0 aliphatic carbocycles. The summed E-state index contributed by atoms with van der Waals surface area (Å²) < 4.78 is 17.6. The minimum Gasteiger partial charge on any atom is -0.454 e. The van der Waals surface area contributed by atoms with Crippen LogP contribution in [0.1, 0.15) is 290 Å². The smallest absolute Gasteiger partial charge is 0.306 e. The third-order valence-corrected chi connectivity index (χ3v) is 15.2. The van der Waals surface area contributed by atoms with Crippen molar-refractivity contribution in [2.45, 2.75) is 339 Å². The first-order valence-electron chi connectivity index (χ1n) is 32.6. The predicted octanol–water partition coefficient (Wildman–Crippen LogP) is 15.8. The number of rotatable bonds is 55. The van der Waals surface area contributed by atoms with Crippen LogP contribution in [0.4, 0.5) is 0 Å². The molecule has 8 atom stereocenters. The normalized spacial score (nSPS) is 19.3. The largest absolute Gasteiger partial charge is 0.454 e. The maximum Gasteiger partial charge on any atom is 0.306 e. The molecule has 8 unspecified atom stereocenters. The lowest BCUT2D eigenvalue weighted by Crippen LogP contribution is -2.61. The number of allylic oxidation sites excluding steroid dienone is 9. The minimum absolute atomic E-state index is 0.124.